The van der Waals surface area contributed by atoms with Gasteiger partial charge in [-0.25, -0.2) is 0 Å². The fourth-order valence-electron chi connectivity index (χ4n) is 3.61. The zero-order valence-corrected chi connectivity index (χ0v) is 12.9. The van der Waals surface area contributed by atoms with Gasteiger partial charge >= 0.3 is 0 Å². The average molecular weight is 304 g/mol. The van der Waals surface area contributed by atoms with Crippen molar-refractivity contribution >= 4 is 6.47 Å². The van der Waals surface area contributed by atoms with E-state index in [0.717, 1.165) is 18.4 Å². The van der Waals surface area contributed by atoms with Crippen molar-refractivity contribution in [2.45, 2.75) is 57.0 Å². The van der Waals surface area contributed by atoms with Crippen molar-refractivity contribution in [2.24, 2.45) is 5.92 Å². The molecule has 1 saturated heterocycles. The summed E-state index contributed by atoms with van der Waals surface area (Å²) in [7, 11) is 0. The molecule has 0 spiro atoms. The molecule has 2 fully saturated rings. The van der Waals surface area contributed by atoms with E-state index in [9.17, 15) is 4.79 Å². The van der Waals surface area contributed by atoms with Crippen LogP contribution in [0, 0.1) is 5.92 Å². The molecular weight excluding hydrogens is 280 g/mol. The largest absolute Gasteiger partial charge is 0.462 e. The molecule has 4 atom stereocenters. The first kappa shape index (κ1) is 15.5. The second-order valence-electron chi connectivity index (χ2n) is 6.26. The third kappa shape index (κ3) is 3.87. The van der Waals surface area contributed by atoms with E-state index in [1.54, 1.807) is 0 Å². The topological polar surface area (TPSA) is 44.8 Å². The monoisotopic (exact) mass is 304 g/mol. The second-order valence-corrected chi connectivity index (χ2v) is 6.26. The Kier molecular flexibility index (Phi) is 5.46. The Morgan fingerprint density at radius 2 is 2.00 bits per heavy atom. The minimum absolute atomic E-state index is 0.145. The van der Waals surface area contributed by atoms with Gasteiger partial charge in [0.15, 0.2) is 0 Å². The van der Waals surface area contributed by atoms with Gasteiger partial charge in [-0.05, 0) is 30.7 Å². The van der Waals surface area contributed by atoms with Crippen molar-refractivity contribution < 1.29 is 19.0 Å². The van der Waals surface area contributed by atoms with Crippen LogP contribution in [0.1, 0.15) is 37.7 Å². The molecule has 0 amide bonds. The van der Waals surface area contributed by atoms with Gasteiger partial charge in [0.05, 0.1) is 19.3 Å². The van der Waals surface area contributed by atoms with Gasteiger partial charge in [0.2, 0.25) is 0 Å². The highest BCUT2D eigenvalue weighted by atomic mass is 16.6. The molecule has 0 unspecified atom stereocenters. The molecule has 1 aromatic carbocycles. The van der Waals surface area contributed by atoms with Crippen LogP contribution < -0.4 is 0 Å². The zero-order chi connectivity index (χ0) is 15.2. The van der Waals surface area contributed by atoms with Crippen LogP contribution in [0.3, 0.4) is 0 Å². The smallest absolute Gasteiger partial charge is 0.293 e. The fourth-order valence-corrected chi connectivity index (χ4v) is 3.61. The van der Waals surface area contributed by atoms with E-state index in [4.69, 9.17) is 14.2 Å². The summed E-state index contributed by atoms with van der Waals surface area (Å²) in [5.41, 5.74) is 1.14. The number of benzene rings is 1. The molecule has 4 nitrogen and oxygen atoms in total. The Morgan fingerprint density at radius 3 is 2.82 bits per heavy atom. The molecule has 1 saturated carbocycles. The molecule has 1 heterocycles. The summed E-state index contributed by atoms with van der Waals surface area (Å²) in [5.74, 6) is 0.532. The summed E-state index contributed by atoms with van der Waals surface area (Å²) in [6, 6.07) is 10.1. The second kappa shape index (κ2) is 7.75. The lowest BCUT2D eigenvalue weighted by Gasteiger charge is -2.42. The zero-order valence-electron chi connectivity index (χ0n) is 12.9. The molecule has 2 aliphatic rings. The molecule has 0 N–H and O–H groups in total. The number of hydrogen-bond donors (Lipinski definition) is 0. The SMILES string of the molecule is O=CO[C@@H]1C[C@@H]2CCCC[C@H]2O[C@H]1COCc1ccccc1. The predicted octanol–water partition coefficient (Wildman–Crippen LogP) is 3.09. The number of hydrogen-bond acceptors (Lipinski definition) is 4. The van der Waals surface area contributed by atoms with Crippen molar-refractivity contribution in [1.82, 2.24) is 0 Å². The number of carbonyl (C=O) groups is 1. The summed E-state index contributed by atoms with van der Waals surface area (Å²) in [5, 5.41) is 0. The van der Waals surface area contributed by atoms with Gasteiger partial charge in [0.1, 0.15) is 12.2 Å². The number of fused-ring (bicyclic) bond motifs is 1. The Balaban J connectivity index is 1.54. The summed E-state index contributed by atoms with van der Waals surface area (Å²) < 4.78 is 17.2. The fraction of sp³-hybridized carbons (Fsp3) is 0.611. The Bertz CT molecular complexity index is 461. The van der Waals surface area contributed by atoms with Gasteiger partial charge in [-0.2, -0.15) is 0 Å². The Hall–Kier alpha value is -1.39. The van der Waals surface area contributed by atoms with Crippen molar-refractivity contribution in [3.8, 4) is 0 Å². The minimum Gasteiger partial charge on any atom is -0.462 e. The van der Waals surface area contributed by atoms with E-state index < -0.39 is 0 Å². The van der Waals surface area contributed by atoms with Crippen LogP contribution in [0.15, 0.2) is 30.3 Å². The normalized spacial score (nSPS) is 31.3. The Morgan fingerprint density at radius 1 is 1.18 bits per heavy atom. The summed E-state index contributed by atoms with van der Waals surface area (Å²) >= 11 is 0. The molecular formula is C18H24O4. The van der Waals surface area contributed by atoms with Gasteiger partial charge < -0.3 is 14.2 Å². The quantitative estimate of drug-likeness (QED) is 0.758. The predicted molar refractivity (Wildman–Crippen MR) is 82.3 cm³/mol. The molecule has 0 radical (unpaired) electrons. The van der Waals surface area contributed by atoms with Gasteiger partial charge in [-0.3, -0.25) is 4.79 Å². The van der Waals surface area contributed by atoms with Crippen molar-refractivity contribution in [3.63, 3.8) is 0 Å². The van der Waals surface area contributed by atoms with E-state index >= 15 is 0 Å². The van der Waals surface area contributed by atoms with Crippen molar-refractivity contribution in [2.75, 3.05) is 6.61 Å². The summed E-state index contributed by atoms with van der Waals surface area (Å²) in [6.07, 6.45) is 5.69. The number of rotatable bonds is 6. The van der Waals surface area contributed by atoms with E-state index in [2.05, 4.69) is 0 Å². The van der Waals surface area contributed by atoms with Crippen LogP contribution in [0.25, 0.3) is 0 Å². The molecule has 3 rings (SSSR count). The van der Waals surface area contributed by atoms with Crippen LogP contribution >= 0.6 is 0 Å². The van der Waals surface area contributed by atoms with Crippen LogP contribution in [-0.2, 0) is 25.6 Å². The first-order valence-electron chi connectivity index (χ1n) is 8.23. The standard InChI is InChI=1S/C18H24O4/c19-13-21-17-10-15-8-4-5-9-16(15)22-18(17)12-20-11-14-6-2-1-3-7-14/h1-3,6-7,13,15-18H,4-5,8-12H2/t15-,16+,17+,18-/m0/s1. The van der Waals surface area contributed by atoms with Crippen LogP contribution in [-0.4, -0.2) is 31.4 Å². The minimum atomic E-state index is -0.173. The van der Waals surface area contributed by atoms with E-state index in [1.165, 1.54) is 19.3 Å². The van der Waals surface area contributed by atoms with E-state index in [0.29, 0.717) is 31.7 Å². The molecule has 0 bridgehead atoms. The first-order chi connectivity index (χ1) is 10.9. The van der Waals surface area contributed by atoms with Gasteiger partial charge in [-0.1, -0.05) is 43.2 Å². The highest BCUT2D eigenvalue weighted by Gasteiger charge is 2.40. The molecule has 1 aliphatic carbocycles. The lowest BCUT2D eigenvalue weighted by molar-refractivity contribution is -0.189. The number of ether oxygens (including phenoxy) is 3. The third-order valence-electron chi connectivity index (χ3n) is 4.76. The highest BCUT2D eigenvalue weighted by Crippen LogP contribution is 2.37. The van der Waals surface area contributed by atoms with Crippen LogP contribution in [0.2, 0.25) is 0 Å². The molecule has 0 aromatic heterocycles. The molecule has 1 aliphatic heterocycles. The van der Waals surface area contributed by atoms with Crippen molar-refractivity contribution in [1.29, 1.82) is 0 Å². The molecule has 22 heavy (non-hydrogen) atoms. The van der Waals surface area contributed by atoms with Gasteiger partial charge in [0.25, 0.3) is 6.47 Å². The summed E-state index contributed by atoms with van der Waals surface area (Å²) in [4.78, 5) is 10.8. The highest BCUT2D eigenvalue weighted by molar-refractivity contribution is 5.37. The molecule has 120 valence electrons. The number of carbonyl (C=O) groups excluding carboxylic acids is 1. The maximum Gasteiger partial charge on any atom is 0.293 e. The molecule has 4 heteroatoms. The lowest BCUT2D eigenvalue weighted by atomic mass is 9.80. The van der Waals surface area contributed by atoms with Crippen LogP contribution in [0.5, 0.6) is 0 Å². The van der Waals surface area contributed by atoms with E-state index in [-0.39, 0.29) is 12.2 Å². The van der Waals surface area contributed by atoms with E-state index in [1.807, 2.05) is 30.3 Å². The Labute approximate surface area is 131 Å². The average Bonchev–Trinajstić information content (AvgIpc) is 2.56. The maximum atomic E-state index is 10.8. The van der Waals surface area contributed by atoms with Gasteiger partial charge in [0, 0.05) is 0 Å². The van der Waals surface area contributed by atoms with Gasteiger partial charge in [-0.15, -0.1) is 0 Å². The lowest BCUT2D eigenvalue weighted by Crippen LogP contribution is -2.48. The maximum absolute atomic E-state index is 10.8. The molecule has 1 aromatic rings. The first-order valence-corrected chi connectivity index (χ1v) is 8.23. The van der Waals surface area contributed by atoms with Crippen LogP contribution in [0.4, 0.5) is 0 Å². The third-order valence-corrected chi connectivity index (χ3v) is 4.76. The summed E-state index contributed by atoms with van der Waals surface area (Å²) in [6.45, 7) is 1.57. The van der Waals surface area contributed by atoms with Crippen molar-refractivity contribution in [3.05, 3.63) is 35.9 Å².